The van der Waals surface area contributed by atoms with Crippen LogP contribution in [0.25, 0.3) is 0 Å². The minimum atomic E-state index is 0.730. The van der Waals surface area contributed by atoms with Gasteiger partial charge >= 0.3 is 0 Å². The van der Waals surface area contributed by atoms with Crippen molar-refractivity contribution in [3.63, 3.8) is 0 Å². The molecule has 2 unspecified atom stereocenters. The van der Waals surface area contributed by atoms with Gasteiger partial charge in [-0.2, -0.15) is 0 Å². The van der Waals surface area contributed by atoms with E-state index in [9.17, 15) is 0 Å². The van der Waals surface area contributed by atoms with Crippen molar-refractivity contribution < 1.29 is 4.74 Å². The van der Waals surface area contributed by atoms with Gasteiger partial charge in [-0.3, -0.25) is 0 Å². The molecule has 0 saturated carbocycles. The maximum Gasteiger partial charge on any atom is 0.0491 e. The maximum atomic E-state index is 5.89. The topological polar surface area (TPSA) is 9.23 Å². The summed E-state index contributed by atoms with van der Waals surface area (Å²) in [5.41, 5.74) is 0. The maximum absolute atomic E-state index is 5.89. The van der Waals surface area contributed by atoms with Gasteiger partial charge < -0.3 is 4.74 Å². The highest BCUT2D eigenvalue weighted by Crippen LogP contribution is 2.15. The highest BCUT2D eigenvalue weighted by molar-refractivity contribution is 4.81. The Morgan fingerprint density at radius 3 is 1.69 bits per heavy atom. The third kappa shape index (κ3) is 23.8. The summed E-state index contributed by atoms with van der Waals surface area (Å²) in [5, 5.41) is 0. The largest absolute Gasteiger partial charge is 0.381 e. The van der Waals surface area contributed by atoms with Crippen molar-refractivity contribution >= 4 is 0 Å². The Kier molecular flexibility index (Phi) is 23.7. The van der Waals surface area contributed by atoms with Crippen LogP contribution >= 0.6 is 0 Å². The zero-order chi connectivity index (χ0) is 21.4. The smallest absolute Gasteiger partial charge is 0.0491 e. The van der Waals surface area contributed by atoms with Gasteiger partial charge in [-0.15, -0.1) is 0 Å². The molecule has 0 radical (unpaired) electrons. The van der Waals surface area contributed by atoms with Gasteiger partial charge in [0.1, 0.15) is 0 Å². The van der Waals surface area contributed by atoms with Crippen LogP contribution in [0.2, 0.25) is 0 Å². The summed E-state index contributed by atoms with van der Waals surface area (Å²) in [5.74, 6) is 1.62. The normalized spacial score (nSPS) is 13.9. The Balaban J connectivity index is 3.19. The lowest BCUT2D eigenvalue weighted by atomic mass is 9.97. The van der Waals surface area contributed by atoms with Crippen LogP contribution in [0.15, 0.2) is 12.2 Å². The van der Waals surface area contributed by atoms with Gasteiger partial charge in [-0.1, -0.05) is 117 Å². The Morgan fingerprint density at radius 1 is 0.586 bits per heavy atom. The van der Waals surface area contributed by atoms with E-state index in [1.54, 1.807) is 0 Å². The van der Waals surface area contributed by atoms with Crippen molar-refractivity contribution in [1.29, 1.82) is 0 Å². The second kappa shape index (κ2) is 24.0. The summed E-state index contributed by atoms with van der Waals surface area (Å²) in [4.78, 5) is 0. The molecule has 174 valence electrons. The highest BCUT2D eigenvalue weighted by atomic mass is 16.5. The van der Waals surface area contributed by atoms with Crippen LogP contribution in [-0.4, -0.2) is 13.2 Å². The first-order valence-corrected chi connectivity index (χ1v) is 13.4. The molecule has 0 amide bonds. The van der Waals surface area contributed by atoms with E-state index in [-0.39, 0.29) is 0 Å². The molecule has 0 aromatic heterocycles. The standard InChI is InChI=1S/C28H56O/c1-5-7-8-9-10-11-12-13-14-15-16-17-18-19-20-21-25-29-26-28(4)24-22-23-27(3)6-2/h13-14,27-28H,5-12,15-26H2,1-4H3/b14-13-. The molecular formula is C28H56O. The fraction of sp³-hybridized carbons (Fsp3) is 0.929. The van der Waals surface area contributed by atoms with E-state index in [0.717, 1.165) is 25.0 Å². The van der Waals surface area contributed by atoms with Crippen molar-refractivity contribution in [3.8, 4) is 0 Å². The second-order valence-corrected chi connectivity index (χ2v) is 9.56. The minimum absolute atomic E-state index is 0.730. The second-order valence-electron chi connectivity index (χ2n) is 9.56. The predicted octanol–water partition coefficient (Wildman–Crippen LogP) is 9.89. The van der Waals surface area contributed by atoms with Crippen LogP contribution in [0, 0.1) is 11.8 Å². The van der Waals surface area contributed by atoms with Crippen LogP contribution in [0.3, 0.4) is 0 Å². The number of allylic oxidation sites excluding steroid dienone is 2. The van der Waals surface area contributed by atoms with Crippen molar-refractivity contribution in [2.45, 2.75) is 143 Å². The van der Waals surface area contributed by atoms with Gasteiger partial charge in [0.05, 0.1) is 0 Å². The monoisotopic (exact) mass is 408 g/mol. The minimum Gasteiger partial charge on any atom is -0.381 e. The highest BCUT2D eigenvalue weighted by Gasteiger charge is 2.04. The predicted molar refractivity (Wildman–Crippen MR) is 133 cm³/mol. The molecule has 29 heavy (non-hydrogen) atoms. The summed E-state index contributed by atoms with van der Waals surface area (Å²) in [6.45, 7) is 11.2. The number of ether oxygens (including phenoxy) is 1. The molecule has 0 heterocycles. The molecule has 0 saturated heterocycles. The molecule has 0 fully saturated rings. The number of hydrogen-bond donors (Lipinski definition) is 0. The van der Waals surface area contributed by atoms with Gasteiger partial charge in [0.25, 0.3) is 0 Å². The molecule has 2 atom stereocenters. The Bertz CT molecular complexity index is 322. The first-order valence-electron chi connectivity index (χ1n) is 13.4. The average molecular weight is 409 g/mol. The average Bonchev–Trinajstić information content (AvgIpc) is 2.72. The quantitative estimate of drug-likeness (QED) is 0.121. The number of unbranched alkanes of at least 4 members (excludes halogenated alkanes) is 12. The lowest BCUT2D eigenvalue weighted by Crippen LogP contribution is -2.07. The van der Waals surface area contributed by atoms with Gasteiger partial charge in [-0.05, 0) is 50.4 Å². The molecule has 1 heteroatoms. The van der Waals surface area contributed by atoms with Gasteiger partial charge in [-0.25, -0.2) is 0 Å². The molecule has 0 aliphatic carbocycles. The third-order valence-corrected chi connectivity index (χ3v) is 6.29. The van der Waals surface area contributed by atoms with Crippen LogP contribution in [-0.2, 0) is 4.74 Å². The lowest BCUT2D eigenvalue weighted by molar-refractivity contribution is 0.0972. The first kappa shape index (κ1) is 28.7. The third-order valence-electron chi connectivity index (χ3n) is 6.29. The van der Waals surface area contributed by atoms with Gasteiger partial charge in [0.15, 0.2) is 0 Å². The van der Waals surface area contributed by atoms with E-state index in [0.29, 0.717) is 0 Å². The fourth-order valence-electron chi connectivity index (χ4n) is 3.84. The Morgan fingerprint density at radius 2 is 1.10 bits per heavy atom. The van der Waals surface area contributed by atoms with Gasteiger partial charge in [0.2, 0.25) is 0 Å². The number of hydrogen-bond acceptors (Lipinski definition) is 1. The summed E-state index contributed by atoms with van der Waals surface area (Å²) in [7, 11) is 0. The van der Waals surface area contributed by atoms with Crippen molar-refractivity contribution in [1.82, 2.24) is 0 Å². The lowest BCUT2D eigenvalue weighted by Gasteiger charge is -2.13. The summed E-state index contributed by atoms with van der Waals surface area (Å²) in [6, 6.07) is 0. The molecule has 0 aromatic carbocycles. The summed E-state index contributed by atoms with van der Waals surface area (Å²) >= 11 is 0. The van der Waals surface area contributed by atoms with E-state index >= 15 is 0 Å². The van der Waals surface area contributed by atoms with Crippen LogP contribution in [0.5, 0.6) is 0 Å². The van der Waals surface area contributed by atoms with E-state index < -0.39 is 0 Å². The zero-order valence-corrected chi connectivity index (χ0v) is 20.9. The summed E-state index contributed by atoms with van der Waals surface area (Å²) in [6.07, 6.45) is 29.4. The molecule has 0 aliphatic rings. The van der Waals surface area contributed by atoms with E-state index in [1.165, 1.54) is 116 Å². The zero-order valence-electron chi connectivity index (χ0n) is 20.9. The Hall–Kier alpha value is -0.300. The SMILES string of the molecule is CCCCCCCC/C=C\CCCCCCCCOCC(C)CCCC(C)CC. The molecule has 0 rings (SSSR count). The van der Waals surface area contributed by atoms with Gasteiger partial charge in [0, 0.05) is 13.2 Å². The molecule has 0 aliphatic heterocycles. The molecule has 0 N–H and O–H groups in total. The molecule has 0 aromatic rings. The van der Waals surface area contributed by atoms with E-state index in [2.05, 4.69) is 39.8 Å². The molecule has 0 bridgehead atoms. The van der Waals surface area contributed by atoms with Crippen molar-refractivity contribution in [2.75, 3.05) is 13.2 Å². The van der Waals surface area contributed by atoms with Crippen molar-refractivity contribution in [2.24, 2.45) is 11.8 Å². The number of rotatable bonds is 23. The molecule has 0 spiro atoms. The Labute approximate surface area is 185 Å². The van der Waals surface area contributed by atoms with Crippen molar-refractivity contribution in [3.05, 3.63) is 12.2 Å². The molecular weight excluding hydrogens is 352 g/mol. The summed E-state index contributed by atoms with van der Waals surface area (Å²) < 4.78 is 5.89. The first-order chi connectivity index (χ1) is 14.2. The van der Waals surface area contributed by atoms with Crippen LogP contribution in [0.1, 0.15) is 143 Å². The van der Waals surface area contributed by atoms with Crippen LogP contribution < -0.4 is 0 Å². The fourth-order valence-corrected chi connectivity index (χ4v) is 3.84. The van der Waals surface area contributed by atoms with Crippen LogP contribution in [0.4, 0.5) is 0 Å². The van der Waals surface area contributed by atoms with E-state index in [1.807, 2.05) is 0 Å². The molecule has 1 nitrogen and oxygen atoms in total. The van der Waals surface area contributed by atoms with E-state index in [4.69, 9.17) is 4.74 Å².